The Bertz CT molecular complexity index is 924. The van der Waals surface area contributed by atoms with Gasteiger partial charge in [-0.3, -0.25) is 0 Å². The largest absolute Gasteiger partial charge is 0.351 e. The van der Waals surface area contributed by atoms with E-state index in [-0.39, 0.29) is 5.41 Å². The second-order valence-corrected chi connectivity index (χ2v) is 8.04. The fraction of sp³-hybridized carbons (Fsp3) is 0.471. The van der Waals surface area contributed by atoms with Gasteiger partial charge in [0.2, 0.25) is 5.95 Å². The summed E-state index contributed by atoms with van der Waals surface area (Å²) in [6, 6.07) is 4.28. The van der Waals surface area contributed by atoms with Crippen LogP contribution >= 0.6 is 11.6 Å². The minimum absolute atomic E-state index is 0.116. The summed E-state index contributed by atoms with van der Waals surface area (Å²) >= 11 is 5.86. The van der Waals surface area contributed by atoms with Crippen molar-refractivity contribution in [3.63, 3.8) is 0 Å². The van der Waals surface area contributed by atoms with Crippen LogP contribution in [0.1, 0.15) is 26.6 Å². The van der Waals surface area contributed by atoms with Gasteiger partial charge in [-0.15, -0.1) is 15.3 Å². The number of hydrogen-bond acceptors (Lipinski definition) is 7. The zero-order valence-electron chi connectivity index (χ0n) is 15.3. The minimum atomic E-state index is -0.116. The first-order valence-corrected chi connectivity index (χ1v) is 8.89. The Kier molecular flexibility index (Phi) is 3.95. The molecule has 9 heteroatoms. The van der Waals surface area contributed by atoms with Gasteiger partial charge in [0, 0.05) is 25.6 Å². The van der Waals surface area contributed by atoms with Crippen molar-refractivity contribution in [2.24, 2.45) is 0 Å². The molecule has 0 atom stereocenters. The molecule has 4 rings (SSSR count). The molecule has 0 spiro atoms. The predicted octanol–water partition coefficient (Wildman–Crippen LogP) is 2.19. The molecule has 0 radical (unpaired) electrons. The van der Waals surface area contributed by atoms with Gasteiger partial charge in [0.1, 0.15) is 5.82 Å². The fourth-order valence-electron chi connectivity index (χ4n) is 2.95. The van der Waals surface area contributed by atoms with Gasteiger partial charge in [-0.25, -0.2) is 9.97 Å². The monoisotopic (exact) mass is 372 g/mol. The van der Waals surface area contributed by atoms with E-state index in [2.05, 4.69) is 50.7 Å². The molecule has 0 saturated carbocycles. The lowest BCUT2D eigenvalue weighted by Crippen LogP contribution is -2.59. The lowest BCUT2D eigenvalue weighted by atomic mass is 9.96. The quantitative estimate of drug-likeness (QED) is 0.697. The number of anilines is 2. The summed E-state index contributed by atoms with van der Waals surface area (Å²) in [6.45, 7) is 8.04. The zero-order chi connectivity index (χ0) is 18.5. The Balaban J connectivity index is 1.51. The normalized spacial score (nSPS) is 15.3. The van der Waals surface area contributed by atoms with Gasteiger partial charge >= 0.3 is 0 Å². The summed E-state index contributed by atoms with van der Waals surface area (Å²) in [6.07, 6.45) is 3.23. The van der Waals surface area contributed by atoms with Gasteiger partial charge in [0.05, 0.1) is 23.5 Å². The van der Waals surface area contributed by atoms with Crippen LogP contribution in [0.5, 0.6) is 0 Å². The third-order valence-electron chi connectivity index (χ3n) is 4.58. The Morgan fingerprint density at radius 1 is 1.12 bits per heavy atom. The van der Waals surface area contributed by atoms with Gasteiger partial charge in [0.25, 0.3) is 0 Å². The number of likely N-dealkylation sites (N-methyl/N-ethyl adjacent to an activating group) is 1. The Labute approximate surface area is 156 Å². The van der Waals surface area contributed by atoms with Gasteiger partial charge in [-0.1, -0.05) is 32.4 Å². The maximum Gasteiger partial charge on any atom is 0.225 e. The fourth-order valence-corrected chi connectivity index (χ4v) is 3.05. The van der Waals surface area contributed by atoms with E-state index in [1.807, 2.05) is 23.7 Å². The van der Waals surface area contributed by atoms with E-state index in [9.17, 15) is 0 Å². The van der Waals surface area contributed by atoms with Crippen LogP contribution in [0.2, 0.25) is 5.02 Å². The summed E-state index contributed by atoms with van der Waals surface area (Å²) in [5, 5.41) is 13.8. The molecule has 3 aromatic rings. The summed E-state index contributed by atoms with van der Waals surface area (Å²) in [5.74, 6) is 2.46. The SMILES string of the molecule is CN(c1ncc(Cl)cn1)C1CN(c2ccc3nnc(C(C)(C)C)n3n2)C1. The molecular weight excluding hydrogens is 352 g/mol. The number of fused-ring (bicyclic) bond motifs is 1. The van der Waals surface area contributed by atoms with Crippen molar-refractivity contribution in [3.8, 4) is 0 Å². The third-order valence-corrected chi connectivity index (χ3v) is 4.77. The van der Waals surface area contributed by atoms with Crippen molar-refractivity contribution >= 4 is 29.0 Å². The van der Waals surface area contributed by atoms with Crippen molar-refractivity contribution in [1.82, 2.24) is 29.8 Å². The van der Waals surface area contributed by atoms with Gasteiger partial charge < -0.3 is 9.80 Å². The maximum absolute atomic E-state index is 5.86. The smallest absolute Gasteiger partial charge is 0.225 e. The summed E-state index contributed by atoms with van der Waals surface area (Å²) in [7, 11) is 2.00. The molecule has 1 saturated heterocycles. The maximum atomic E-state index is 5.86. The average Bonchev–Trinajstić information content (AvgIpc) is 2.97. The zero-order valence-corrected chi connectivity index (χ0v) is 16.0. The number of nitrogens with zero attached hydrogens (tertiary/aromatic N) is 8. The predicted molar refractivity (Wildman–Crippen MR) is 101 cm³/mol. The first kappa shape index (κ1) is 17.0. The second kappa shape index (κ2) is 6.05. The highest BCUT2D eigenvalue weighted by molar-refractivity contribution is 6.30. The van der Waals surface area contributed by atoms with E-state index < -0.39 is 0 Å². The Hall–Kier alpha value is -2.48. The highest BCUT2D eigenvalue weighted by Gasteiger charge is 2.33. The Morgan fingerprint density at radius 2 is 1.81 bits per heavy atom. The van der Waals surface area contributed by atoms with E-state index in [0.29, 0.717) is 17.0 Å². The standard InChI is InChI=1S/C17H21ClN8/c1-17(2,3)15-22-21-13-5-6-14(23-26(13)15)25-9-12(10-25)24(4)16-19-7-11(18)8-20-16/h5-8,12H,9-10H2,1-4H3. The topological polar surface area (TPSA) is 75.3 Å². The second-order valence-electron chi connectivity index (χ2n) is 7.61. The summed E-state index contributed by atoms with van der Waals surface area (Å²) < 4.78 is 1.84. The molecule has 8 nitrogen and oxygen atoms in total. The van der Waals surface area contributed by atoms with E-state index in [1.54, 1.807) is 12.4 Å². The van der Waals surface area contributed by atoms with Crippen molar-refractivity contribution in [2.45, 2.75) is 32.2 Å². The van der Waals surface area contributed by atoms with Crippen molar-refractivity contribution in [1.29, 1.82) is 0 Å². The highest BCUT2D eigenvalue weighted by atomic mass is 35.5. The van der Waals surface area contributed by atoms with Crippen LogP contribution in [-0.2, 0) is 5.41 Å². The lowest BCUT2D eigenvalue weighted by Gasteiger charge is -2.44. The highest BCUT2D eigenvalue weighted by Crippen LogP contribution is 2.25. The molecule has 0 unspecified atom stereocenters. The molecule has 0 aromatic carbocycles. The van der Waals surface area contributed by atoms with Crippen LogP contribution in [0.4, 0.5) is 11.8 Å². The number of halogens is 1. The molecule has 0 amide bonds. The third kappa shape index (κ3) is 2.94. The van der Waals surface area contributed by atoms with Crippen LogP contribution in [-0.4, -0.2) is 56.0 Å². The van der Waals surface area contributed by atoms with E-state index >= 15 is 0 Å². The van der Waals surface area contributed by atoms with Crippen molar-refractivity contribution in [2.75, 3.05) is 29.9 Å². The van der Waals surface area contributed by atoms with Gasteiger partial charge in [-0.05, 0) is 12.1 Å². The molecule has 3 aromatic heterocycles. The van der Waals surface area contributed by atoms with Crippen molar-refractivity contribution < 1.29 is 0 Å². The number of aromatic nitrogens is 6. The van der Waals surface area contributed by atoms with Gasteiger partial charge in [0.15, 0.2) is 11.5 Å². The molecule has 26 heavy (non-hydrogen) atoms. The molecule has 0 aliphatic carbocycles. The molecule has 1 aliphatic rings. The molecule has 1 aliphatic heterocycles. The first-order chi connectivity index (χ1) is 12.3. The number of hydrogen-bond donors (Lipinski definition) is 0. The molecular formula is C17H21ClN8. The van der Waals surface area contributed by atoms with E-state index in [0.717, 1.165) is 30.4 Å². The average molecular weight is 373 g/mol. The van der Waals surface area contributed by atoms with Crippen LogP contribution < -0.4 is 9.80 Å². The summed E-state index contributed by atoms with van der Waals surface area (Å²) in [4.78, 5) is 12.9. The van der Waals surface area contributed by atoms with Crippen LogP contribution in [0, 0.1) is 0 Å². The molecule has 0 bridgehead atoms. The first-order valence-electron chi connectivity index (χ1n) is 8.51. The molecule has 0 N–H and O–H groups in total. The number of rotatable bonds is 3. The van der Waals surface area contributed by atoms with Crippen LogP contribution in [0.3, 0.4) is 0 Å². The van der Waals surface area contributed by atoms with E-state index in [1.165, 1.54) is 0 Å². The van der Waals surface area contributed by atoms with Crippen LogP contribution in [0.25, 0.3) is 5.65 Å². The summed E-state index contributed by atoms with van der Waals surface area (Å²) in [5.41, 5.74) is 0.650. The lowest BCUT2D eigenvalue weighted by molar-refractivity contribution is 0.480. The minimum Gasteiger partial charge on any atom is -0.351 e. The molecule has 136 valence electrons. The molecule has 4 heterocycles. The van der Waals surface area contributed by atoms with Crippen molar-refractivity contribution in [3.05, 3.63) is 35.4 Å². The molecule has 1 fully saturated rings. The van der Waals surface area contributed by atoms with Crippen LogP contribution in [0.15, 0.2) is 24.5 Å². The van der Waals surface area contributed by atoms with Gasteiger partial charge in [-0.2, -0.15) is 4.52 Å². The van der Waals surface area contributed by atoms with E-state index in [4.69, 9.17) is 16.7 Å². The Morgan fingerprint density at radius 3 is 2.46 bits per heavy atom.